The van der Waals surface area contributed by atoms with Crippen molar-refractivity contribution in [3.63, 3.8) is 0 Å². The van der Waals surface area contributed by atoms with E-state index in [1.165, 1.54) is 24.9 Å². The third-order valence-electron chi connectivity index (χ3n) is 4.22. The molecule has 1 unspecified atom stereocenters. The molecule has 0 amide bonds. The van der Waals surface area contributed by atoms with Crippen LogP contribution in [0.1, 0.15) is 18.4 Å². The van der Waals surface area contributed by atoms with Crippen LogP contribution in [0.2, 0.25) is 0 Å². The number of hydrogen-bond acceptors (Lipinski definition) is 3. The van der Waals surface area contributed by atoms with Crippen molar-refractivity contribution >= 4 is 5.69 Å². The Morgan fingerprint density at radius 1 is 1.09 bits per heavy atom. The topological polar surface area (TPSA) is 24.5 Å². The Labute approximate surface area is 132 Å². The Balaban J connectivity index is 1.61. The van der Waals surface area contributed by atoms with Gasteiger partial charge in [0, 0.05) is 19.1 Å². The largest absolute Gasteiger partial charge is 0.495 e. The molecular formula is C19H24N2O. The minimum atomic E-state index is 0.480. The van der Waals surface area contributed by atoms with Gasteiger partial charge < -0.3 is 10.1 Å². The summed E-state index contributed by atoms with van der Waals surface area (Å²) in [7, 11) is 1.73. The van der Waals surface area contributed by atoms with Gasteiger partial charge >= 0.3 is 0 Å². The van der Waals surface area contributed by atoms with Gasteiger partial charge in [-0.05, 0) is 37.1 Å². The van der Waals surface area contributed by atoms with Gasteiger partial charge in [0.2, 0.25) is 0 Å². The fourth-order valence-electron chi connectivity index (χ4n) is 3.14. The first kappa shape index (κ1) is 14.9. The number of rotatable bonds is 5. The van der Waals surface area contributed by atoms with Gasteiger partial charge in [-0.3, -0.25) is 4.90 Å². The fourth-order valence-corrected chi connectivity index (χ4v) is 3.14. The van der Waals surface area contributed by atoms with Gasteiger partial charge in [-0.25, -0.2) is 0 Å². The third kappa shape index (κ3) is 3.80. The molecule has 0 saturated carbocycles. The number of ether oxygens (including phenoxy) is 1. The quantitative estimate of drug-likeness (QED) is 0.909. The molecule has 3 heteroatoms. The van der Waals surface area contributed by atoms with Gasteiger partial charge in [-0.15, -0.1) is 0 Å². The lowest BCUT2D eigenvalue weighted by Crippen LogP contribution is -2.41. The molecule has 1 aliphatic heterocycles. The summed E-state index contributed by atoms with van der Waals surface area (Å²) in [6.07, 6.45) is 2.45. The van der Waals surface area contributed by atoms with Crippen molar-refractivity contribution in [1.82, 2.24) is 4.90 Å². The standard InChI is InChI=1S/C19H24N2O/c1-22-19-12-6-5-11-18(19)20-17-10-7-13-21(15-17)14-16-8-3-2-4-9-16/h2-6,8-9,11-12,17,20H,7,10,13-15H2,1H3. The number of nitrogens with one attached hydrogen (secondary N) is 1. The zero-order chi connectivity index (χ0) is 15.2. The summed E-state index contributed by atoms with van der Waals surface area (Å²) in [6.45, 7) is 3.29. The van der Waals surface area contributed by atoms with Crippen molar-refractivity contribution in [2.24, 2.45) is 0 Å². The molecule has 116 valence electrons. The number of hydrogen-bond donors (Lipinski definition) is 1. The highest BCUT2D eigenvalue weighted by Crippen LogP contribution is 2.26. The maximum Gasteiger partial charge on any atom is 0.141 e. The molecule has 0 radical (unpaired) electrons. The molecule has 1 atom stereocenters. The van der Waals surface area contributed by atoms with Crippen molar-refractivity contribution < 1.29 is 4.74 Å². The van der Waals surface area contributed by atoms with Crippen LogP contribution in [0.5, 0.6) is 5.75 Å². The molecule has 2 aromatic carbocycles. The van der Waals surface area contributed by atoms with Gasteiger partial charge in [-0.1, -0.05) is 42.5 Å². The molecule has 3 nitrogen and oxygen atoms in total. The van der Waals surface area contributed by atoms with Crippen molar-refractivity contribution in [2.75, 3.05) is 25.5 Å². The first-order valence-corrected chi connectivity index (χ1v) is 8.01. The predicted octanol–water partition coefficient (Wildman–Crippen LogP) is 3.77. The van der Waals surface area contributed by atoms with Gasteiger partial charge in [0.15, 0.2) is 0 Å². The number of para-hydroxylation sites is 2. The lowest BCUT2D eigenvalue weighted by atomic mass is 10.0. The summed E-state index contributed by atoms with van der Waals surface area (Å²) in [5.74, 6) is 0.919. The highest BCUT2D eigenvalue weighted by Gasteiger charge is 2.20. The molecule has 2 aromatic rings. The third-order valence-corrected chi connectivity index (χ3v) is 4.22. The van der Waals surface area contributed by atoms with E-state index in [2.05, 4.69) is 52.7 Å². The van der Waals surface area contributed by atoms with E-state index in [0.29, 0.717) is 6.04 Å². The van der Waals surface area contributed by atoms with Crippen LogP contribution in [0.4, 0.5) is 5.69 Å². The van der Waals surface area contributed by atoms with Crippen molar-refractivity contribution in [3.05, 3.63) is 60.2 Å². The lowest BCUT2D eigenvalue weighted by Gasteiger charge is -2.34. The van der Waals surface area contributed by atoms with E-state index in [-0.39, 0.29) is 0 Å². The maximum absolute atomic E-state index is 5.43. The van der Waals surface area contributed by atoms with Gasteiger partial charge in [0.05, 0.1) is 12.8 Å². The summed E-state index contributed by atoms with van der Waals surface area (Å²) in [4.78, 5) is 2.53. The number of anilines is 1. The predicted molar refractivity (Wildman–Crippen MR) is 91.4 cm³/mol. The van der Waals surface area contributed by atoms with Gasteiger partial charge in [0.1, 0.15) is 5.75 Å². The molecule has 0 aliphatic carbocycles. The Bertz CT molecular complexity index is 585. The van der Waals surface area contributed by atoms with E-state index in [1.807, 2.05) is 12.1 Å². The van der Waals surface area contributed by atoms with Gasteiger partial charge in [0.25, 0.3) is 0 Å². The fraction of sp³-hybridized carbons (Fsp3) is 0.368. The first-order valence-electron chi connectivity index (χ1n) is 8.01. The minimum Gasteiger partial charge on any atom is -0.495 e. The van der Waals surface area contributed by atoms with Crippen LogP contribution in [-0.4, -0.2) is 31.1 Å². The van der Waals surface area contributed by atoms with Crippen LogP contribution in [0.3, 0.4) is 0 Å². The number of piperidine rings is 1. The van der Waals surface area contributed by atoms with Crippen molar-refractivity contribution in [2.45, 2.75) is 25.4 Å². The lowest BCUT2D eigenvalue weighted by molar-refractivity contribution is 0.208. The molecule has 1 saturated heterocycles. The average molecular weight is 296 g/mol. The Morgan fingerprint density at radius 3 is 2.68 bits per heavy atom. The minimum absolute atomic E-state index is 0.480. The molecule has 1 aliphatic rings. The van der Waals surface area contributed by atoms with E-state index in [0.717, 1.165) is 24.5 Å². The average Bonchev–Trinajstić information content (AvgIpc) is 2.57. The molecule has 1 heterocycles. The van der Waals surface area contributed by atoms with Crippen molar-refractivity contribution in [3.8, 4) is 5.75 Å². The van der Waals surface area contributed by atoms with E-state index in [9.17, 15) is 0 Å². The summed E-state index contributed by atoms with van der Waals surface area (Å²) >= 11 is 0. The maximum atomic E-state index is 5.43. The van der Waals surface area contributed by atoms with Crippen LogP contribution in [0, 0.1) is 0 Å². The summed E-state index contributed by atoms with van der Waals surface area (Å²) in [5, 5.41) is 3.65. The highest BCUT2D eigenvalue weighted by molar-refractivity contribution is 5.56. The van der Waals surface area contributed by atoms with E-state index in [1.54, 1.807) is 7.11 Å². The van der Waals surface area contributed by atoms with E-state index >= 15 is 0 Å². The van der Waals surface area contributed by atoms with E-state index < -0.39 is 0 Å². The molecule has 1 N–H and O–H groups in total. The molecule has 0 bridgehead atoms. The number of likely N-dealkylation sites (tertiary alicyclic amines) is 1. The monoisotopic (exact) mass is 296 g/mol. The number of benzene rings is 2. The van der Waals surface area contributed by atoms with Crippen LogP contribution >= 0.6 is 0 Å². The molecule has 22 heavy (non-hydrogen) atoms. The number of methoxy groups -OCH3 is 1. The second-order valence-corrected chi connectivity index (χ2v) is 5.90. The second kappa shape index (κ2) is 7.32. The Hall–Kier alpha value is -2.00. The molecule has 0 aromatic heterocycles. The van der Waals surface area contributed by atoms with Crippen LogP contribution in [0.25, 0.3) is 0 Å². The SMILES string of the molecule is COc1ccccc1NC1CCCN(Cc2ccccc2)C1. The smallest absolute Gasteiger partial charge is 0.141 e. The molecule has 1 fully saturated rings. The zero-order valence-electron chi connectivity index (χ0n) is 13.2. The Morgan fingerprint density at radius 2 is 1.86 bits per heavy atom. The molecular weight excluding hydrogens is 272 g/mol. The molecule has 0 spiro atoms. The van der Waals surface area contributed by atoms with Crippen molar-refractivity contribution in [1.29, 1.82) is 0 Å². The normalized spacial score (nSPS) is 18.9. The molecule has 3 rings (SSSR count). The summed E-state index contributed by atoms with van der Waals surface area (Å²) in [5.41, 5.74) is 2.48. The van der Waals surface area contributed by atoms with Crippen LogP contribution in [-0.2, 0) is 6.54 Å². The number of nitrogens with zero attached hydrogens (tertiary/aromatic N) is 1. The second-order valence-electron chi connectivity index (χ2n) is 5.90. The van der Waals surface area contributed by atoms with Crippen LogP contribution < -0.4 is 10.1 Å². The highest BCUT2D eigenvalue weighted by atomic mass is 16.5. The van der Waals surface area contributed by atoms with E-state index in [4.69, 9.17) is 4.74 Å². The van der Waals surface area contributed by atoms with Gasteiger partial charge in [-0.2, -0.15) is 0 Å². The zero-order valence-corrected chi connectivity index (χ0v) is 13.2. The first-order chi connectivity index (χ1) is 10.8. The summed E-state index contributed by atoms with van der Waals surface area (Å²) < 4.78 is 5.43. The summed E-state index contributed by atoms with van der Waals surface area (Å²) in [6, 6.07) is 19.4. The Kier molecular flexibility index (Phi) is 4.96. The van der Waals surface area contributed by atoms with Crippen LogP contribution in [0.15, 0.2) is 54.6 Å².